The first-order chi connectivity index (χ1) is 10.7. The summed E-state index contributed by atoms with van der Waals surface area (Å²) >= 11 is 6.09. The number of halogens is 1. The van der Waals surface area contributed by atoms with Gasteiger partial charge in [0.25, 0.3) is 0 Å². The Hall–Kier alpha value is -1.65. The van der Waals surface area contributed by atoms with Gasteiger partial charge in [-0.3, -0.25) is 0 Å². The molecule has 2 heterocycles. The minimum Gasteiger partial charge on any atom is -0.367 e. The summed E-state index contributed by atoms with van der Waals surface area (Å²) in [5, 5.41) is 7.64. The average Bonchev–Trinajstić information content (AvgIpc) is 2.55. The molecule has 2 aromatic rings. The fourth-order valence-electron chi connectivity index (χ4n) is 2.68. The number of benzene rings is 1. The molecule has 3 rings (SSSR count). The second-order valence-corrected chi connectivity index (χ2v) is 6.04. The Labute approximate surface area is 136 Å². The van der Waals surface area contributed by atoms with Crippen LogP contribution in [0.4, 0.5) is 5.82 Å². The number of anilines is 1. The van der Waals surface area contributed by atoms with Gasteiger partial charge in [-0.05, 0) is 44.5 Å². The highest BCUT2D eigenvalue weighted by molar-refractivity contribution is 6.30. The Bertz CT molecular complexity index is 638. The number of hydrogen-bond donors (Lipinski definition) is 2. The molecule has 2 N–H and O–H groups in total. The lowest BCUT2D eigenvalue weighted by Gasteiger charge is -2.24. The van der Waals surface area contributed by atoms with Gasteiger partial charge in [0.05, 0.1) is 0 Å². The molecule has 0 radical (unpaired) electrons. The van der Waals surface area contributed by atoms with Crippen molar-refractivity contribution in [2.75, 3.05) is 18.4 Å². The summed E-state index contributed by atoms with van der Waals surface area (Å²) in [5.41, 5.74) is 2.00. The molecule has 0 spiro atoms. The fraction of sp³-hybridized carbons (Fsp3) is 0.412. The lowest BCUT2D eigenvalue weighted by Crippen LogP contribution is -2.35. The fourth-order valence-corrected chi connectivity index (χ4v) is 2.87. The maximum absolute atomic E-state index is 6.09. The van der Waals surface area contributed by atoms with Gasteiger partial charge in [0.15, 0.2) is 5.82 Å². The Morgan fingerprint density at radius 1 is 1.23 bits per heavy atom. The molecule has 5 heteroatoms. The molecular formula is C17H21ClN4. The van der Waals surface area contributed by atoms with Crippen molar-refractivity contribution in [3.63, 3.8) is 0 Å². The van der Waals surface area contributed by atoms with Crippen LogP contribution in [0.3, 0.4) is 0 Å². The molecule has 1 aliphatic heterocycles. The van der Waals surface area contributed by atoms with Gasteiger partial charge in [-0.15, -0.1) is 0 Å². The lowest BCUT2D eigenvalue weighted by molar-refractivity contribution is 0.478. The molecule has 0 amide bonds. The number of nitrogens with zero attached hydrogens (tertiary/aromatic N) is 2. The second-order valence-electron chi connectivity index (χ2n) is 5.60. The van der Waals surface area contributed by atoms with Gasteiger partial charge in [0, 0.05) is 28.4 Å². The molecule has 0 bridgehead atoms. The van der Waals surface area contributed by atoms with Gasteiger partial charge in [0.1, 0.15) is 5.82 Å². The van der Waals surface area contributed by atoms with Crippen molar-refractivity contribution < 1.29 is 0 Å². The molecule has 116 valence electrons. The van der Waals surface area contributed by atoms with Crippen LogP contribution < -0.4 is 10.6 Å². The Balaban J connectivity index is 1.88. The van der Waals surface area contributed by atoms with E-state index in [0.717, 1.165) is 55.3 Å². The van der Waals surface area contributed by atoms with Gasteiger partial charge >= 0.3 is 0 Å². The van der Waals surface area contributed by atoms with E-state index in [1.807, 2.05) is 24.3 Å². The van der Waals surface area contributed by atoms with Crippen molar-refractivity contribution in [2.45, 2.75) is 32.2 Å². The van der Waals surface area contributed by atoms with Crippen molar-refractivity contribution >= 4 is 17.4 Å². The number of aromatic nitrogens is 2. The van der Waals surface area contributed by atoms with E-state index < -0.39 is 0 Å². The first kappa shape index (κ1) is 15.3. The van der Waals surface area contributed by atoms with Gasteiger partial charge in [-0.25, -0.2) is 9.97 Å². The highest BCUT2D eigenvalue weighted by atomic mass is 35.5. The summed E-state index contributed by atoms with van der Waals surface area (Å²) in [7, 11) is 0. The van der Waals surface area contributed by atoms with E-state index in [1.165, 1.54) is 0 Å². The van der Waals surface area contributed by atoms with Crippen molar-refractivity contribution in [2.24, 2.45) is 0 Å². The third kappa shape index (κ3) is 3.76. The minimum atomic E-state index is 0.480. The SMILES string of the molecule is CCc1cc(NC2CCNCC2)nc(-c2cccc(Cl)c2)n1. The summed E-state index contributed by atoms with van der Waals surface area (Å²) in [4.78, 5) is 9.32. The van der Waals surface area contributed by atoms with Gasteiger partial charge < -0.3 is 10.6 Å². The largest absolute Gasteiger partial charge is 0.367 e. The summed E-state index contributed by atoms with van der Waals surface area (Å²) in [6.07, 6.45) is 3.13. The predicted octanol–water partition coefficient (Wildman–Crippen LogP) is 3.52. The van der Waals surface area contributed by atoms with E-state index >= 15 is 0 Å². The van der Waals surface area contributed by atoms with E-state index in [1.54, 1.807) is 0 Å². The molecular weight excluding hydrogens is 296 g/mol. The highest BCUT2D eigenvalue weighted by Gasteiger charge is 2.14. The summed E-state index contributed by atoms with van der Waals surface area (Å²) in [5.74, 6) is 1.65. The van der Waals surface area contributed by atoms with Crippen LogP contribution in [0.2, 0.25) is 5.02 Å². The third-order valence-corrected chi connectivity index (χ3v) is 4.15. The third-order valence-electron chi connectivity index (χ3n) is 3.92. The molecule has 0 aliphatic carbocycles. The maximum atomic E-state index is 6.09. The Morgan fingerprint density at radius 3 is 2.77 bits per heavy atom. The molecule has 0 unspecified atom stereocenters. The van der Waals surface area contributed by atoms with E-state index in [-0.39, 0.29) is 0 Å². The normalized spacial score (nSPS) is 15.7. The molecule has 1 saturated heterocycles. The molecule has 1 aromatic heterocycles. The van der Waals surface area contributed by atoms with Gasteiger partial charge in [-0.2, -0.15) is 0 Å². The minimum absolute atomic E-state index is 0.480. The Kier molecular flexibility index (Phi) is 4.90. The van der Waals surface area contributed by atoms with Gasteiger partial charge in [-0.1, -0.05) is 30.7 Å². The molecule has 0 saturated carbocycles. The van der Waals surface area contributed by atoms with E-state index in [4.69, 9.17) is 11.6 Å². The zero-order valence-electron chi connectivity index (χ0n) is 12.8. The zero-order valence-corrected chi connectivity index (χ0v) is 13.5. The Morgan fingerprint density at radius 2 is 2.05 bits per heavy atom. The number of aryl methyl sites for hydroxylation is 1. The number of nitrogens with one attached hydrogen (secondary N) is 2. The smallest absolute Gasteiger partial charge is 0.161 e. The quantitative estimate of drug-likeness (QED) is 0.906. The van der Waals surface area contributed by atoms with E-state index in [0.29, 0.717) is 11.1 Å². The first-order valence-corrected chi connectivity index (χ1v) is 8.23. The predicted molar refractivity (Wildman–Crippen MR) is 91.4 cm³/mol. The van der Waals surface area contributed by atoms with Crippen molar-refractivity contribution in [3.05, 3.63) is 41.0 Å². The van der Waals surface area contributed by atoms with Crippen LogP contribution in [0.5, 0.6) is 0 Å². The molecule has 1 fully saturated rings. The molecule has 1 aliphatic rings. The number of rotatable bonds is 4. The maximum Gasteiger partial charge on any atom is 0.161 e. The zero-order chi connectivity index (χ0) is 15.4. The number of piperidine rings is 1. The standard InChI is InChI=1S/C17H21ClN4/c1-2-14-11-16(20-15-6-8-19-9-7-15)22-17(21-14)12-4-3-5-13(18)10-12/h3-5,10-11,15,19H,2,6-9H2,1H3,(H,20,21,22). The summed E-state index contributed by atoms with van der Waals surface area (Å²) < 4.78 is 0. The average molecular weight is 317 g/mol. The summed E-state index contributed by atoms with van der Waals surface area (Å²) in [6, 6.07) is 10.2. The van der Waals surface area contributed by atoms with E-state index in [9.17, 15) is 0 Å². The molecule has 0 atom stereocenters. The second kappa shape index (κ2) is 7.07. The first-order valence-electron chi connectivity index (χ1n) is 7.86. The topological polar surface area (TPSA) is 49.8 Å². The van der Waals surface area contributed by atoms with Crippen LogP contribution in [-0.2, 0) is 6.42 Å². The molecule has 1 aromatic carbocycles. The van der Waals surface area contributed by atoms with Crippen LogP contribution >= 0.6 is 11.6 Å². The van der Waals surface area contributed by atoms with Crippen molar-refractivity contribution in [1.82, 2.24) is 15.3 Å². The summed E-state index contributed by atoms with van der Waals surface area (Å²) in [6.45, 7) is 4.23. The van der Waals surface area contributed by atoms with Gasteiger partial charge in [0.2, 0.25) is 0 Å². The monoisotopic (exact) mass is 316 g/mol. The van der Waals surface area contributed by atoms with Crippen LogP contribution in [0.15, 0.2) is 30.3 Å². The van der Waals surface area contributed by atoms with Crippen LogP contribution in [0.1, 0.15) is 25.5 Å². The van der Waals surface area contributed by atoms with Crippen molar-refractivity contribution in [1.29, 1.82) is 0 Å². The van der Waals surface area contributed by atoms with Crippen LogP contribution in [0, 0.1) is 0 Å². The van der Waals surface area contributed by atoms with Crippen LogP contribution in [-0.4, -0.2) is 29.1 Å². The lowest BCUT2D eigenvalue weighted by atomic mass is 10.1. The molecule has 22 heavy (non-hydrogen) atoms. The van der Waals surface area contributed by atoms with Crippen LogP contribution in [0.25, 0.3) is 11.4 Å². The van der Waals surface area contributed by atoms with E-state index in [2.05, 4.69) is 33.6 Å². The highest BCUT2D eigenvalue weighted by Crippen LogP contribution is 2.22. The van der Waals surface area contributed by atoms with Crippen molar-refractivity contribution in [3.8, 4) is 11.4 Å². The number of hydrogen-bond acceptors (Lipinski definition) is 4. The molecule has 4 nitrogen and oxygen atoms in total.